The molecule has 1 atom stereocenters. The van der Waals surface area contributed by atoms with Gasteiger partial charge in [0.25, 0.3) is 0 Å². The highest BCUT2D eigenvalue weighted by molar-refractivity contribution is 9.09. The van der Waals surface area contributed by atoms with Gasteiger partial charge in [-0.1, -0.05) is 45.7 Å². The Bertz CT molecular complexity index is 252. The largest absolute Gasteiger partial charge is 0.474 e. The number of hydrogen-bond donors (Lipinski definition) is 0. The number of benzene rings is 1. The van der Waals surface area contributed by atoms with Crippen molar-refractivity contribution >= 4 is 27.5 Å². The Hall–Kier alpha value is -0.210. The van der Waals surface area contributed by atoms with Crippen molar-refractivity contribution in [2.24, 2.45) is 0 Å². The fraction of sp³-hybridized carbons (Fsp3) is 0.333. The van der Waals surface area contributed by atoms with E-state index in [1.165, 1.54) is 0 Å². The van der Waals surface area contributed by atoms with E-state index in [4.69, 9.17) is 16.3 Å². The van der Waals surface area contributed by atoms with Gasteiger partial charge in [-0.05, 0) is 18.6 Å². The van der Waals surface area contributed by atoms with Gasteiger partial charge >= 0.3 is 0 Å². The van der Waals surface area contributed by atoms with Gasteiger partial charge in [-0.25, -0.2) is 0 Å². The predicted molar refractivity (Wildman–Crippen MR) is 55.2 cm³/mol. The molecule has 0 aliphatic heterocycles. The number of ether oxygens (including phenoxy) is 1. The van der Waals surface area contributed by atoms with Gasteiger partial charge in [-0.2, -0.15) is 0 Å². The van der Waals surface area contributed by atoms with E-state index in [2.05, 4.69) is 15.9 Å². The van der Waals surface area contributed by atoms with Crippen LogP contribution in [0, 0.1) is 6.92 Å². The molecule has 1 nitrogen and oxygen atoms in total. The molecule has 0 saturated heterocycles. The van der Waals surface area contributed by atoms with Gasteiger partial charge in [0.15, 0.2) is 5.56 Å². The summed E-state index contributed by atoms with van der Waals surface area (Å²) in [5, 5.41) is 0.628. The first kappa shape index (κ1) is 9.87. The van der Waals surface area contributed by atoms with Crippen LogP contribution in [0.3, 0.4) is 0 Å². The zero-order valence-corrected chi connectivity index (χ0v) is 9.10. The van der Waals surface area contributed by atoms with E-state index in [9.17, 15) is 0 Å². The Labute approximate surface area is 85.8 Å². The Balaban J connectivity index is 2.69. The summed E-state index contributed by atoms with van der Waals surface area (Å²) in [5.41, 5.74) is 0.801. The van der Waals surface area contributed by atoms with E-state index in [1.54, 1.807) is 0 Å². The monoisotopic (exact) mass is 248 g/mol. The van der Waals surface area contributed by atoms with Crippen LogP contribution in [0.25, 0.3) is 0 Å². The quantitative estimate of drug-likeness (QED) is 0.747. The van der Waals surface area contributed by atoms with Crippen molar-refractivity contribution in [1.29, 1.82) is 0 Å². The molecule has 66 valence electrons. The summed E-state index contributed by atoms with van der Waals surface area (Å²) >= 11 is 9.04. The lowest BCUT2D eigenvalue weighted by atomic mass is 10.2. The van der Waals surface area contributed by atoms with Gasteiger partial charge in [-0.15, -0.1) is 0 Å². The molecule has 0 aliphatic rings. The highest BCUT2D eigenvalue weighted by Crippen LogP contribution is 2.19. The van der Waals surface area contributed by atoms with Crippen LogP contribution in [-0.4, -0.2) is 10.9 Å². The molecule has 1 aromatic carbocycles. The molecule has 1 unspecified atom stereocenters. The lowest BCUT2D eigenvalue weighted by Crippen LogP contribution is -2.10. The van der Waals surface area contributed by atoms with Crippen LogP contribution in [0.15, 0.2) is 24.3 Å². The second-order valence-electron chi connectivity index (χ2n) is 2.45. The second-order valence-corrected chi connectivity index (χ2v) is 3.58. The summed E-state index contributed by atoms with van der Waals surface area (Å²) < 4.78 is 5.41. The number of halogens is 2. The topological polar surface area (TPSA) is 9.23 Å². The summed E-state index contributed by atoms with van der Waals surface area (Å²) in [6.07, 6.45) is 0. The van der Waals surface area contributed by atoms with E-state index in [1.807, 2.05) is 31.2 Å². The Morgan fingerprint density at radius 3 is 2.75 bits per heavy atom. The van der Waals surface area contributed by atoms with Gasteiger partial charge in [0, 0.05) is 0 Å². The van der Waals surface area contributed by atoms with Crippen molar-refractivity contribution in [3.63, 3.8) is 0 Å². The minimum Gasteiger partial charge on any atom is -0.474 e. The third kappa shape index (κ3) is 2.68. The van der Waals surface area contributed by atoms with Gasteiger partial charge in [0.1, 0.15) is 5.75 Å². The lowest BCUT2D eigenvalue weighted by molar-refractivity contribution is 0.304. The minimum atomic E-state index is -0.300. The van der Waals surface area contributed by atoms with E-state index in [0.29, 0.717) is 5.33 Å². The van der Waals surface area contributed by atoms with Crippen molar-refractivity contribution in [2.75, 3.05) is 5.33 Å². The number of rotatable bonds is 3. The molecule has 0 N–H and O–H groups in total. The van der Waals surface area contributed by atoms with Gasteiger partial charge < -0.3 is 4.74 Å². The number of aryl methyl sites for hydroxylation is 1. The summed E-state index contributed by atoms with van der Waals surface area (Å²) in [6, 6.07) is 7.81. The molecule has 12 heavy (non-hydrogen) atoms. The fourth-order valence-electron chi connectivity index (χ4n) is 0.858. The van der Waals surface area contributed by atoms with Crippen molar-refractivity contribution in [1.82, 2.24) is 0 Å². The Morgan fingerprint density at radius 1 is 1.50 bits per heavy atom. The van der Waals surface area contributed by atoms with Gasteiger partial charge in [0.05, 0.1) is 5.33 Å². The maximum Gasteiger partial charge on any atom is 0.181 e. The zero-order valence-electron chi connectivity index (χ0n) is 6.76. The first-order chi connectivity index (χ1) is 5.74. The molecular formula is C9H10BrClO. The van der Waals surface area contributed by atoms with Crippen molar-refractivity contribution in [3.05, 3.63) is 29.8 Å². The molecule has 0 bridgehead atoms. The molecule has 0 saturated carbocycles. The highest BCUT2D eigenvalue weighted by Gasteiger charge is 2.04. The summed E-state index contributed by atoms with van der Waals surface area (Å²) in [5.74, 6) is 0.844. The molecular weight excluding hydrogens is 239 g/mol. The lowest BCUT2D eigenvalue weighted by Gasteiger charge is -2.11. The minimum absolute atomic E-state index is 0.300. The van der Waals surface area contributed by atoms with E-state index < -0.39 is 0 Å². The molecule has 1 rings (SSSR count). The molecule has 0 heterocycles. The Kier molecular flexibility index (Phi) is 3.89. The molecule has 1 aromatic rings. The summed E-state index contributed by atoms with van der Waals surface area (Å²) in [4.78, 5) is 0. The summed E-state index contributed by atoms with van der Waals surface area (Å²) in [6.45, 7) is 1.99. The standard InChI is InChI=1S/C9H10BrClO/c1-7-4-2-3-5-8(7)12-9(11)6-10/h2-5,9H,6H2,1H3. The number of hydrogen-bond acceptors (Lipinski definition) is 1. The molecule has 0 radical (unpaired) electrons. The van der Waals surface area contributed by atoms with Crippen molar-refractivity contribution < 1.29 is 4.74 Å². The smallest absolute Gasteiger partial charge is 0.181 e. The van der Waals surface area contributed by atoms with Crippen LogP contribution in [0.1, 0.15) is 5.56 Å². The van der Waals surface area contributed by atoms with Crippen LogP contribution in [-0.2, 0) is 0 Å². The third-order valence-corrected chi connectivity index (χ3v) is 2.67. The molecule has 0 spiro atoms. The van der Waals surface area contributed by atoms with Crippen LogP contribution in [0.4, 0.5) is 0 Å². The normalized spacial score (nSPS) is 12.6. The second kappa shape index (κ2) is 4.73. The third-order valence-electron chi connectivity index (χ3n) is 1.47. The van der Waals surface area contributed by atoms with E-state index in [0.717, 1.165) is 11.3 Å². The first-order valence-corrected chi connectivity index (χ1v) is 5.22. The molecule has 0 aliphatic carbocycles. The van der Waals surface area contributed by atoms with Gasteiger partial charge in [0.2, 0.25) is 0 Å². The van der Waals surface area contributed by atoms with Crippen LogP contribution < -0.4 is 4.74 Å². The van der Waals surface area contributed by atoms with Gasteiger partial charge in [-0.3, -0.25) is 0 Å². The van der Waals surface area contributed by atoms with Crippen molar-refractivity contribution in [2.45, 2.75) is 12.5 Å². The highest BCUT2D eigenvalue weighted by atomic mass is 79.9. The molecule has 3 heteroatoms. The van der Waals surface area contributed by atoms with E-state index in [-0.39, 0.29) is 5.56 Å². The summed E-state index contributed by atoms with van der Waals surface area (Å²) in [7, 11) is 0. The van der Waals surface area contributed by atoms with Crippen LogP contribution in [0.2, 0.25) is 0 Å². The molecule has 0 amide bonds. The maximum atomic E-state index is 5.80. The maximum absolute atomic E-state index is 5.80. The molecule has 0 fully saturated rings. The van der Waals surface area contributed by atoms with Crippen molar-refractivity contribution in [3.8, 4) is 5.75 Å². The molecule has 0 aromatic heterocycles. The predicted octanol–water partition coefficient (Wildman–Crippen LogP) is 3.33. The van der Waals surface area contributed by atoms with E-state index >= 15 is 0 Å². The Morgan fingerprint density at radius 2 is 2.17 bits per heavy atom. The first-order valence-electron chi connectivity index (χ1n) is 3.66. The zero-order chi connectivity index (χ0) is 8.97. The average Bonchev–Trinajstić information content (AvgIpc) is 2.09. The SMILES string of the molecule is Cc1ccccc1OC(Cl)CBr. The average molecular weight is 250 g/mol. The fourth-order valence-corrected chi connectivity index (χ4v) is 1.09. The van der Waals surface area contributed by atoms with Crippen LogP contribution in [0.5, 0.6) is 5.75 Å². The van der Waals surface area contributed by atoms with Crippen LogP contribution >= 0.6 is 27.5 Å². The number of para-hydroxylation sites is 1. The number of alkyl halides is 2.